The van der Waals surface area contributed by atoms with Crippen molar-refractivity contribution in [3.05, 3.63) is 60.1 Å². The molecule has 0 saturated heterocycles. The molecule has 0 fully saturated rings. The first-order chi connectivity index (χ1) is 8.68. The Morgan fingerprint density at radius 3 is 2.56 bits per heavy atom. The van der Waals surface area contributed by atoms with E-state index in [0.29, 0.717) is 6.54 Å². The fraction of sp³-hybridized carbons (Fsp3) is 0.267. The molecular weight excluding hydrogens is 226 g/mol. The summed E-state index contributed by atoms with van der Waals surface area (Å²) in [6, 6.07) is 13.0. The van der Waals surface area contributed by atoms with Crippen LogP contribution in [0.4, 0.5) is 0 Å². The predicted octanol–water partition coefficient (Wildman–Crippen LogP) is 2.98. The lowest BCUT2D eigenvalue weighted by Gasteiger charge is -2.22. The molecule has 0 spiro atoms. The molecule has 0 aliphatic carbocycles. The molecule has 0 radical (unpaired) electrons. The fourth-order valence-electron chi connectivity index (χ4n) is 1.83. The fourth-order valence-corrected chi connectivity index (χ4v) is 1.83. The molecule has 3 nitrogen and oxygen atoms in total. The zero-order valence-electron chi connectivity index (χ0n) is 10.7. The smallest absolute Gasteiger partial charge is 0.179 e. The van der Waals surface area contributed by atoms with Gasteiger partial charge in [-0.15, -0.1) is 0 Å². The van der Waals surface area contributed by atoms with Gasteiger partial charge in [-0.25, -0.2) is 0 Å². The molecule has 0 bridgehead atoms. The molecule has 1 aromatic heterocycles. The lowest BCUT2D eigenvalue weighted by Crippen LogP contribution is -2.35. The molecule has 0 N–H and O–H groups in total. The maximum atomic E-state index is 12.2. The average molecular weight is 243 g/mol. The molecule has 94 valence electrons. The van der Waals surface area contributed by atoms with Crippen LogP contribution in [0.3, 0.4) is 0 Å². The van der Waals surface area contributed by atoms with Crippen LogP contribution in [-0.2, 0) is 6.54 Å². The van der Waals surface area contributed by atoms with E-state index in [2.05, 4.69) is 0 Å². The third kappa shape index (κ3) is 2.87. The van der Waals surface area contributed by atoms with Crippen molar-refractivity contribution >= 4 is 5.78 Å². The van der Waals surface area contributed by atoms with Gasteiger partial charge in [-0.1, -0.05) is 30.3 Å². The summed E-state index contributed by atoms with van der Waals surface area (Å²) >= 11 is 0. The molecule has 1 atom stereocenters. The first kappa shape index (κ1) is 12.6. The van der Waals surface area contributed by atoms with E-state index >= 15 is 0 Å². The second-order valence-corrected chi connectivity index (χ2v) is 4.40. The minimum absolute atomic E-state index is 0.129. The van der Waals surface area contributed by atoms with Gasteiger partial charge < -0.3 is 4.42 Å². The van der Waals surface area contributed by atoms with Crippen molar-refractivity contribution < 1.29 is 9.21 Å². The number of carbonyl (C=O) groups is 1. The van der Waals surface area contributed by atoms with Crippen LogP contribution in [0.5, 0.6) is 0 Å². The SMILES string of the molecule is CC(C(=O)c1ccccc1)N(C)Cc1ccco1. The lowest BCUT2D eigenvalue weighted by atomic mass is 10.0. The van der Waals surface area contributed by atoms with Gasteiger partial charge in [0.15, 0.2) is 5.78 Å². The molecule has 18 heavy (non-hydrogen) atoms. The van der Waals surface area contributed by atoms with E-state index in [1.165, 1.54) is 0 Å². The van der Waals surface area contributed by atoms with Gasteiger partial charge in [-0.2, -0.15) is 0 Å². The van der Waals surface area contributed by atoms with Crippen LogP contribution in [0.2, 0.25) is 0 Å². The van der Waals surface area contributed by atoms with E-state index in [9.17, 15) is 4.79 Å². The topological polar surface area (TPSA) is 33.5 Å². The van der Waals surface area contributed by atoms with E-state index in [1.807, 2.05) is 61.3 Å². The average Bonchev–Trinajstić information content (AvgIpc) is 2.91. The van der Waals surface area contributed by atoms with E-state index in [-0.39, 0.29) is 11.8 Å². The highest BCUT2D eigenvalue weighted by atomic mass is 16.3. The van der Waals surface area contributed by atoms with Crippen LogP contribution in [0.25, 0.3) is 0 Å². The summed E-state index contributed by atoms with van der Waals surface area (Å²) in [6.45, 7) is 2.55. The highest BCUT2D eigenvalue weighted by molar-refractivity contribution is 5.99. The minimum atomic E-state index is -0.169. The third-order valence-electron chi connectivity index (χ3n) is 3.08. The van der Waals surface area contributed by atoms with Gasteiger partial charge in [0.25, 0.3) is 0 Å². The van der Waals surface area contributed by atoms with Crippen molar-refractivity contribution in [3.8, 4) is 0 Å². The van der Waals surface area contributed by atoms with Gasteiger partial charge >= 0.3 is 0 Å². The van der Waals surface area contributed by atoms with Gasteiger partial charge in [-0.05, 0) is 26.1 Å². The van der Waals surface area contributed by atoms with E-state index in [1.54, 1.807) is 6.26 Å². The van der Waals surface area contributed by atoms with Gasteiger partial charge in [-0.3, -0.25) is 9.69 Å². The Bertz CT molecular complexity index is 490. The summed E-state index contributed by atoms with van der Waals surface area (Å²) in [7, 11) is 1.92. The van der Waals surface area contributed by atoms with Crippen LogP contribution in [0.1, 0.15) is 23.0 Å². The van der Waals surface area contributed by atoms with Crippen LogP contribution < -0.4 is 0 Å². The normalized spacial score (nSPS) is 12.6. The molecule has 0 aliphatic heterocycles. The van der Waals surface area contributed by atoms with Crippen LogP contribution in [0, 0.1) is 0 Å². The number of benzene rings is 1. The molecule has 2 aromatic rings. The van der Waals surface area contributed by atoms with Crippen molar-refractivity contribution in [1.82, 2.24) is 4.90 Å². The van der Waals surface area contributed by atoms with Gasteiger partial charge in [0, 0.05) is 5.56 Å². The summed E-state index contributed by atoms with van der Waals surface area (Å²) in [6.07, 6.45) is 1.65. The minimum Gasteiger partial charge on any atom is -0.468 e. The number of hydrogen-bond acceptors (Lipinski definition) is 3. The second kappa shape index (κ2) is 5.65. The third-order valence-corrected chi connectivity index (χ3v) is 3.08. The number of furan rings is 1. The van der Waals surface area contributed by atoms with Crippen molar-refractivity contribution in [1.29, 1.82) is 0 Å². The lowest BCUT2D eigenvalue weighted by molar-refractivity contribution is 0.0855. The standard InChI is InChI=1S/C15H17NO2/c1-12(15(17)13-7-4-3-5-8-13)16(2)11-14-9-6-10-18-14/h3-10,12H,11H2,1-2H3. The predicted molar refractivity (Wildman–Crippen MR) is 70.4 cm³/mol. The Labute approximate surface area is 107 Å². The molecule has 2 rings (SSSR count). The van der Waals surface area contributed by atoms with Crippen molar-refractivity contribution in [2.24, 2.45) is 0 Å². The highest BCUT2D eigenvalue weighted by Gasteiger charge is 2.19. The molecule has 0 aliphatic rings. The molecule has 0 amide bonds. The Morgan fingerprint density at radius 1 is 1.22 bits per heavy atom. The maximum absolute atomic E-state index is 12.2. The summed E-state index contributed by atoms with van der Waals surface area (Å²) < 4.78 is 5.29. The van der Waals surface area contributed by atoms with Gasteiger partial charge in [0.1, 0.15) is 5.76 Å². The van der Waals surface area contributed by atoms with E-state index in [0.717, 1.165) is 11.3 Å². The van der Waals surface area contributed by atoms with Crippen LogP contribution in [0.15, 0.2) is 53.1 Å². The first-order valence-electron chi connectivity index (χ1n) is 6.00. The van der Waals surface area contributed by atoms with Crippen LogP contribution >= 0.6 is 0 Å². The monoisotopic (exact) mass is 243 g/mol. The number of carbonyl (C=O) groups excluding carboxylic acids is 1. The number of Topliss-reactive ketones (excluding diaryl/α,β-unsaturated/α-hetero) is 1. The molecular formula is C15H17NO2. The molecule has 0 saturated carbocycles. The summed E-state index contributed by atoms with van der Waals surface area (Å²) in [4.78, 5) is 14.2. The summed E-state index contributed by atoms with van der Waals surface area (Å²) in [5.74, 6) is 0.995. The van der Waals surface area contributed by atoms with Crippen LogP contribution in [-0.4, -0.2) is 23.8 Å². The van der Waals surface area contributed by atoms with Crippen molar-refractivity contribution in [2.75, 3.05) is 7.05 Å². The molecule has 1 heterocycles. The second-order valence-electron chi connectivity index (χ2n) is 4.40. The quantitative estimate of drug-likeness (QED) is 0.757. The molecule has 3 heteroatoms. The number of ketones is 1. The first-order valence-corrected chi connectivity index (χ1v) is 6.00. The largest absolute Gasteiger partial charge is 0.468 e. The van der Waals surface area contributed by atoms with Crippen molar-refractivity contribution in [3.63, 3.8) is 0 Å². The Hall–Kier alpha value is -1.87. The number of likely N-dealkylation sites (N-methyl/N-ethyl adjacent to an activating group) is 1. The number of rotatable bonds is 5. The van der Waals surface area contributed by atoms with E-state index in [4.69, 9.17) is 4.42 Å². The number of nitrogens with zero attached hydrogens (tertiary/aromatic N) is 1. The van der Waals surface area contributed by atoms with Crippen molar-refractivity contribution in [2.45, 2.75) is 19.5 Å². The Morgan fingerprint density at radius 2 is 1.94 bits per heavy atom. The number of hydrogen-bond donors (Lipinski definition) is 0. The Balaban J connectivity index is 2.02. The van der Waals surface area contributed by atoms with E-state index < -0.39 is 0 Å². The zero-order chi connectivity index (χ0) is 13.0. The molecule has 1 aromatic carbocycles. The Kier molecular flexibility index (Phi) is 3.95. The zero-order valence-corrected chi connectivity index (χ0v) is 10.7. The summed E-state index contributed by atoms with van der Waals surface area (Å²) in [5.41, 5.74) is 0.747. The van der Waals surface area contributed by atoms with Gasteiger partial charge in [0.05, 0.1) is 18.8 Å². The molecule has 1 unspecified atom stereocenters. The summed E-state index contributed by atoms with van der Waals surface area (Å²) in [5, 5.41) is 0. The highest BCUT2D eigenvalue weighted by Crippen LogP contribution is 2.11. The van der Waals surface area contributed by atoms with Gasteiger partial charge in [0.2, 0.25) is 0 Å². The maximum Gasteiger partial charge on any atom is 0.179 e.